The van der Waals surface area contributed by atoms with Crippen LogP contribution in [0.3, 0.4) is 0 Å². The predicted molar refractivity (Wildman–Crippen MR) is 106 cm³/mol. The van der Waals surface area contributed by atoms with Gasteiger partial charge in [-0.3, -0.25) is 14.4 Å². The first-order chi connectivity index (χ1) is 13.5. The fourth-order valence-electron chi connectivity index (χ4n) is 3.87. The van der Waals surface area contributed by atoms with Gasteiger partial charge in [0.2, 0.25) is 11.8 Å². The van der Waals surface area contributed by atoms with Crippen LogP contribution in [0.5, 0.6) is 0 Å². The average Bonchev–Trinajstić information content (AvgIpc) is 2.73. The molecule has 2 saturated heterocycles. The summed E-state index contributed by atoms with van der Waals surface area (Å²) < 4.78 is 4.91. The number of nitrogens with zero attached hydrogens (tertiary/aromatic N) is 1. The lowest BCUT2D eigenvalue weighted by Crippen LogP contribution is -2.46. The minimum atomic E-state index is -0.782. The van der Waals surface area contributed by atoms with Crippen molar-refractivity contribution >= 4 is 17.8 Å². The third-order valence-corrected chi connectivity index (χ3v) is 5.62. The first kappa shape index (κ1) is 22.2. The molecule has 2 heterocycles. The van der Waals surface area contributed by atoms with Crippen molar-refractivity contribution in [1.29, 1.82) is 0 Å². The van der Waals surface area contributed by atoms with E-state index in [-0.39, 0.29) is 30.9 Å². The maximum atomic E-state index is 12.6. The van der Waals surface area contributed by atoms with Crippen LogP contribution in [0.15, 0.2) is 0 Å². The number of likely N-dealkylation sites (tertiary alicyclic amines) is 1. The maximum Gasteiger partial charge on any atom is 0.322 e. The van der Waals surface area contributed by atoms with Crippen molar-refractivity contribution in [2.75, 3.05) is 39.3 Å². The Balaban J connectivity index is 1.76. The number of esters is 1. The Labute approximate surface area is 167 Å². The highest BCUT2D eigenvalue weighted by atomic mass is 16.5. The molecule has 2 aliphatic heterocycles. The molecule has 7 nitrogen and oxygen atoms in total. The van der Waals surface area contributed by atoms with Gasteiger partial charge in [0.15, 0.2) is 0 Å². The summed E-state index contributed by atoms with van der Waals surface area (Å²) >= 11 is 0. The van der Waals surface area contributed by atoms with Crippen LogP contribution in [-0.2, 0) is 19.1 Å². The van der Waals surface area contributed by atoms with Crippen LogP contribution in [0.1, 0.15) is 45.4 Å². The molecule has 0 bridgehead atoms. The normalized spacial score (nSPS) is 21.4. The molecule has 0 aromatic heterocycles. The van der Waals surface area contributed by atoms with Crippen LogP contribution in [0.4, 0.5) is 0 Å². The molecule has 2 rings (SSSR count). The number of rotatable bonds is 8. The number of piperidine rings is 2. The summed E-state index contributed by atoms with van der Waals surface area (Å²) in [7, 11) is 0. The lowest BCUT2D eigenvalue weighted by Gasteiger charge is -2.33. The number of ether oxygens (including phenoxy) is 1. The van der Waals surface area contributed by atoms with E-state index in [0.29, 0.717) is 25.4 Å². The smallest absolute Gasteiger partial charge is 0.322 e. The van der Waals surface area contributed by atoms with Crippen LogP contribution in [0.2, 0.25) is 0 Å². The van der Waals surface area contributed by atoms with Crippen LogP contribution in [0.25, 0.3) is 0 Å². The van der Waals surface area contributed by atoms with Gasteiger partial charge in [0.1, 0.15) is 5.92 Å². The maximum absolute atomic E-state index is 12.6. The quantitative estimate of drug-likeness (QED) is 0.475. The Bertz CT molecular complexity index is 581. The minimum absolute atomic E-state index is 0.0638. The minimum Gasteiger partial charge on any atom is -0.465 e. The summed E-state index contributed by atoms with van der Waals surface area (Å²) in [4.78, 5) is 38.6. The van der Waals surface area contributed by atoms with Gasteiger partial charge in [-0.1, -0.05) is 5.92 Å². The highest BCUT2D eigenvalue weighted by molar-refractivity contribution is 5.82. The van der Waals surface area contributed by atoms with E-state index in [1.54, 1.807) is 6.92 Å². The van der Waals surface area contributed by atoms with Gasteiger partial charge >= 0.3 is 5.97 Å². The van der Waals surface area contributed by atoms with E-state index in [4.69, 9.17) is 11.2 Å². The molecule has 2 atom stereocenters. The number of hydrogen-bond donors (Lipinski definition) is 2. The summed E-state index contributed by atoms with van der Waals surface area (Å²) in [5.41, 5.74) is 0. The van der Waals surface area contributed by atoms with Crippen molar-refractivity contribution in [3.05, 3.63) is 0 Å². The van der Waals surface area contributed by atoms with Gasteiger partial charge < -0.3 is 20.3 Å². The summed E-state index contributed by atoms with van der Waals surface area (Å²) in [6.07, 6.45) is 10.7. The second kappa shape index (κ2) is 11.7. The molecule has 156 valence electrons. The van der Waals surface area contributed by atoms with Crippen LogP contribution < -0.4 is 10.6 Å². The summed E-state index contributed by atoms with van der Waals surface area (Å²) in [6, 6.07) is 0. The van der Waals surface area contributed by atoms with E-state index in [9.17, 15) is 14.4 Å². The van der Waals surface area contributed by atoms with Crippen molar-refractivity contribution in [1.82, 2.24) is 15.5 Å². The number of amides is 2. The molecule has 2 N–H and O–H groups in total. The van der Waals surface area contributed by atoms with Crippen molar-refractivity contribution in [3.8, 4) is 12.3 Å². The Hall–Kier alpha value is -2.07. The molecule has 0 unspecified atom stereocenters. The molecule has 2 aliphatic rings. The zero-order valence-corrected chi connectivity index (χ0v) is 16.9. The first-order valence-electron chi connectivity index (χ1n) is 10.4. The largest absolute Gasteiger partial charge is 0.465 e. The van der Waals surface area contributed by atoms with E-state index >= 15 is 0 Å². The SMILES string of the molecule is C#C[C@@H](CNC(=O)[C@@H]1CCCN(C(=O)CCC2CCNCC2)C1)C(=O)OCC. The van der Waals surface area contributed by atoms with E-state index in [0.717, 1.165) is 45.2 Å². The lowest BCUT2D eigenvalue weighted by atomic mass is 9.92. The standard InChI is InChI=1S/C21H33N3O4/c1-3-17(21(27)28-4-2)14-23-20(26)18-6-5-13-24(15-18)19(25)8-7-16-9-11-22-12-10-16/h1,16-18,22H,4-15H2,2H3,(H,23,26)/t17-,18+/m0/s1. The Kier molecular flexibility index (Phi) is 9.29. The molecule has 0 aliphatic carbocycles. The van der Waals surface area contributed by atoms with Gasteiger partial charge in [-0.15, -0.1) is 6.42 Å². The van der Waals surface area contributed by atoms with Gasteiger partial charge in [0, 0.05) is 26.1 Å². The number of hydrogen-bond acceptors (Lipinski definition) is 5. The second-order valence-corrected chi connectivity index (χ2v) is 7.63. The van der Waals surface area contributed by atoms with Gasteiger partial charge in [-0.25, -0.2) is 0 Å². The molecule has 0 aromatic rings. The van der Waals surface area contributed by atoms with Crippen LogP contribution in [0, 0.1) is 30.1 Å². The zero-order chi connectivity index (χ0) is 20.4. The Morgan fingerprint density at radius 3 is 2.71 bits per heavy atom. The Morgan fingerprint density at radius 2 is 2.04 bits per heavy atom. The van der Waals surface area contributed by atoms with Crippen molar-refractivity contribution in [2.24, 2.45) is 17.8 Å². The molecule has 28 heavy (non-hydrogen) atoms. The monoisotopic (exact) mass is 391 g/mol. The molecule has 0 spiro atoms. The molecule has 0 radical (unpaired) electrons. The van der Waals surface area contributed by atoms with E-state index in [2.05, 4.69) is 16.6 Å². The van der Waals surface area contributed by atoms with E-state index in [1.165, 1.54) is 0 Å². The zero-order valence-electron chi connectivity index (χ0n) is 16.9. The first-order valence-corrected chi connectivity index (χ1v) is 10.4. The van der Waals surface area contributed by atoms with Gasteiger partial charge in [0.05, 0.1) is 12.5 Å². The summed E-state index contributed by atoms with van der Waals surface area (Å²) in [5.74, 6) is 1.44. The third-order valence-electron chi connectivity index (χ3n) is 5.62. The number of nitrogens with one attached hydrogen (secondary N) is 2. The van der Waals surface area contributed by atoms with E-state index in [1.807, 2.05) is 4.90 Å². The van der Waals surface area contributed by atoms with Crippen LogP contribution in [-0.4, -0.2) is 62.0 Å². The third kappa shape index (κ3) is 6.83. The molecule has 7 heteroatoms. The number of terminal acetylenes is 1. The van der Waals surface area contributed by atoms with Crippen molar-refractivity contribution < 1.29 is 19.1 Å². The molecular weight excluding hydrogens is 358 g/mol. The topological polar surface area (TPSA) is 87.7 Å². The number of carbonyl (C=O) groups excluding carboxylic acids is 3. The number of carbonyl (C=O) groups is 3. The van der Waals surface area contributed by atoms with Crippen molar-refractivity contribution in [3.63, 3.8) is 0 Å². The molecule has 0 aromatic carbocycles. The fourth-order valence-corrected chi connectivity index (χ4v) is 3.87. The highest BCUT2D eigenvalue weighted by Gasteiger charge is 2.29. The predicted octanol–water partition coefficient (Wildman–Crippen LogP) is 0.934. The fraction of sp³-hybridized carbons (Fsp3) is 0.762. The second-order valence-electron chi connectivity index (χ2n) is 7.63. The van der Waals surface area contributed by atoms with Gasteiger partial charge in [-0.2, -0.15) is 0 Å². The van der Waals surface area contributed by atoms with Gasteiger partial charge in [0.25, 0.3) is 0 Å². The molecule has 0 saturated carbocycles. The van der Waals surface area contributed by atoms with Crippen LogP contribution >= 0.6 is 0 Å². The molecule has 2 fully saturated rings. The summed E-state index contributed by atoms with van der Waals surface area (Å²) in [6.45, 7) is 5.26. The van der Waals surface area contributed by atoms with Crippen molar-refractivity contribution in [2.45, 2.75) is 45.4 Å². The Morgan fingerprint density at radius 1 is 1.29 bits per heavy atom. The molecule has 2 amide bonds. The summed E-state index contributed by atoms with van der Waals surface area (Å²) in [5, 5.41) is 6.10. The highest BCUT2D eigenvalue weighted by Crippen LogP contribution is 2.21. The lowest BCUT2D eigenvalue weighted by molar-refractivity contribution is -0.145. The van der Waals surface area contributed by atoms with E-state index < -0.39 is 11.9 Å². The average molecular weight is 392 g/mol. The molecular formula is C21H33N3O4. The van der Waals surface area contributed by atoms with Gasteiger partial charge in [-0.05, 0) is 58.0 Å².